The van der Waals surface area contributed by atoms with Gasteiger partial charge in [0.2, 0.25) is 0 Å². The largest absolute Gasteiger partial charge is 0.397 e. The zero-order valence-electron chi connectivity index (χ0n) is 12.3. The Morgan fingerprint density at radius 3 is 3.00 bits per heavy atom. The Hall–Kier alpha value is -1.19. The van der Waals surface area contributed by atoms with Crippen LogP contribution in [0.3, 0.4) is 0 Å². The molecular formula is C16H24ClN3. The van der Waals surface area contributed by atoms with E-state index in [4.69, 9.17) is 17.3 Å². The summed E-state index contributed by atoms with van der Waals surface area (Å²) in [6, 6.07) is 4.23. The first-order chi connectivity index (χ1) is 9.63. The Morgan fingerprint density at radius 1 is 1.45 bits per heavy atom. The van der Waals surface area contributed by atoms with Crippen molar-refractivity contribution in [2.75, 3.05) is 24.1 Å². The van der Waals surface area contributed by atoms with Crippen LogP contribution in [-0.4, -0.2) is 24.0 Å². The average Bonchev–Trinajstić information content (AvgIpc) is 2.60. The van der Waals surface area contributed by atoms with E-state index in [9.17, 15) is 0 Å². The van der Waals surface area contributed by atoms with Gasteiger partial charge in [0.05, 0.1) is 11.4 Å². The number of nitrogen functional groups attached to an aromatic ring is 1. The minimum atomic E-state index is 0.466. The monoisotopic (exact) mass is 293 g/mol. The van der Waals surface area contributed by atoms with Gasteiger partial charge >= 0.3 is 0 Å². The van der Waals surface area contributed by atoms with Crippen molar-refractivity contribution >= 4 is 23.0 Å². The van der Waals surface area contributed by atoms with Gasteiger partial charge in [0.25, 0.3) is 0 Å². The highest BCUT2D eigenvalue weighted by Gasteiger charge is 2.22. The molecule has 0 radical (unpaired) electrons. The molecule has 4 heteroatoms. The summed E-state index contributed by atoms with van der Waals surface area (Å²) in [7, 11) is 0. The van der Waals surface area contributed by atoms with Gasteiger partial charge in [0.15, 0.2) is 0 Å². The molecule has 3 N–H and O–H groups in total. The first kappa shape index (κ1) is 15.2. The van der Waals surface area contributed by atoms with Gasteiger partial charge in [-0.25, -0.2) is 0 Å². The number of nitrogens with zero attached hydrogens (tertiary/aromatic N) is 1. The summed E-state index contributed by atoms with van der Waals surface area (Å²) < 4.78 is 0. The molecule has 1 heterocycles. The fourth-order valence-corrected chi connectivity index (χ4v) is 2.78. The number of benzene rings is 1. The van der Waals surface area contributed by atoms with Crippen LogP contribution in [0.1, 0.15) is 32.3 Å². The van der Waals surface area contributed by atoms with Crippen LogP contribution in [0.2, 0.25) is 5.02 Å². The molecule has 1 aromatic rings. The number of hydrogen-bond donors (Lipinski definition) is 2. The van der Waals surface area contributed by atoms with Crippen LogP contribution in [0.25, 0.3) is 0 Å². The van der Waals surface area contributed by atoms with Crippen LogP contribution >= 0.6 is 11.6 Å². The van der Waals surface area contributed by atoms with Crippen LogP contribution < -0.4 is 11.1 Å². The number of halogens is 1. The van der Waals surface area contributed by atoms with E-state index in [0.717, 1.165) is 54.4 Å². The van der Waals surface area contributed by atoms with Gasteiger partial charge < -0.3 is 11.1 Å². The summed E-state index contributed by atoms with van der Waals surface area (Å²) in [5, 5.41) is 4.24. The lowest BCUT2D eigenvalue weighted by Gasteiger charge is -2.26. The van der Waals surface area contributed by atoms with Gasteiger partial charge in [0, 0.05) is 36.3 Å². The quantitative estimate of drug-likeness (QED) is 0.653. The molecule has 0 saturated carbocycles. The zero-order valence-corrected chi connectivity index (χ0v) is 13.1. The molecule has 0 spiro atoms. The third-order valence-corrected chi connectivity index (χ3v) is 4.19. The Morgan fingerprint density at radius 2 is 2.25 bits per heavy atom. The number of nitrogens with two attached hydrogens (primary N) is 1. The molecule has 110 valence electrons. The molecule has 0 saturated heterocycles. The van der Waals surface area contributed by atoms with Gasteiger partial charge in [-0.1, -0.05) is 30.7 Å². The van der Waals surface area contributed by atoms with Gasteiger partial charge in [-0.15, -0.1) is 0 Å². The van der Waals surface area contributed by atoms with Crippen molar-refractivity contribution in [3.05, 3.63) is 34.9 Å². The second-order valence-corrected chi connectivity index (χ2v) is 5.77. The van der Waals surface area contributed by atoms with Crippen LogP contribution in [0, 0.1) is 0 Å². The number of allylic oxidation sites excluding steroid dienone is 1. The van der Waals surface area contributed by atoms with Gasteiger partial charge in [-0.2, -0.15) is 0 Å². The van der Waals surface area contributed by atoms with E-state index >= 15 is 0 Å². The van der Waals surface area contributed by atoms with E-state index in [-0.39, 0.29) is 0 Å². The number of anilines is 2. The van der Waals surface area contributed by atoms with E-state index in [1.165, 1.54) is 0 Å². The van der Waals surface area contributed by atoms with Crippen molar-refractivity contribution in [3.8, 4) is 0 Å². The topological polar surface area (TPSA) is 41.3 Å². The highest BCUT2D eigenvalue weighted by molar-refractivity contribution is 6.32. The Kier molecular flexibility index (Phi) is 5.32. The predicted octanol–water partition coefficient (Wildman–Crippen LogP) is 3.89. The Labute approximate surface area is 126 Å². The third kappa shape index (κ3) is 3.47. The van der Waals surface area contributed by atoms with Gasteiger partial charge in [-0.3, -0.25) is 4.90 Å². The molecule has 3 nitrogen and oxygen atoms in total. The van der Waals surface area contributed by atoms with Gasteiger partial charge in [0.1, 0.15) is 0 Å². The summed E-state index contributed by atoms with van der Waals surface area (Å²) in [5.41, 5.74) is 8.97. The molecular weight excluding hydrogens is 270 g/mol. The van der Waals surface area contributed by atoms with Crippen molar-refractivity contribution in [1.29, 1.82) is 0 Å². The summed E-state index contributed by atoms with van der Waals surface area (Å²) >= 11 is 6.35. The van der Waals surface area contributed by atoms with Crippen molar-refractivity contribution in [2.45, 2.75) is 39.3 Å². The fourth-order valence-electron chi connectivity index (χ4n) is 2.57. The molecule has 0 fully saturated rings. The van der Waals surface area contributed by atoms with Crippen molar-refractivity contribution in [3.63, 3.8) is 0 Å². The van der Waals surface area contributed by atoms with Crippen molar-refractivity contribution in [1.82, 2.24) is 4.90 Å². The SMILES string of the molecule is CC/C=C/CCN1Cc2c(Cl)ccc(N)c2NC[C@@H]1C. The maximum absolute atomic E-state index is 6.35. The predicted molar refractivity (Wildman–Crippen MR) is 88.3 cm³/mol. The lowest BCUT2D eigenvalue weighted by Crippen LogP contribution is -2.35. The molecule has 1 aliphatic heterocycles. The molecule has 0 aliphatic carbocycles. The minimum absolute atomic E-state index is 0.466. The normalized spacial score (nSPS) is 19.6. The van der Waals surface area contributed by atoms with E-state index in [1.807, 2.05) is 12.1 Å². The smallest absolute Gasteiger partial charge is 0.0635 e. The highest BCUT2D eigenvalue weighted by Crippen LogP contribution is 2.33. The molecule has 0 unspecified atom stereocenters. The molecule has 1 aliphatic rings. The lowest BCUT2D eigenvalue weighted by molar-refractivity contribution is 0.216. The second-order valence-electron chi connectivity index (χ2n) is 5.36. The fraction of sp³-hybridized carbons (Fsp3) is 0.500. The Bertz CT molecular complexity index is 485. The van der Waals surface area contributed by atoms with Gasteiger partial charge in [-0.05, 0) is 31.9 Å². The molecule has 20 heavy (non-hydrogen) atoms. The maximum Gasteiger partial charge on any atom is 0.0635 e. The number of fused-ring (bicyclic) bond motifs is 1. The number of rotatable bonds is 4. The summed E-state index contributed by atoms with van der Waals surface area (Å²) in [4.78, 5) is 2.46. The zero-order chi connectivity index (χ0) is 14.5. The molecule has 0 bridgehead atoms. The molecule has 1 atom stereocenters. The van der Waals surface area contributed by atoms with Crippen molar-refractivity contribution in [2.24, 2.45) is 0 Å². The van der Waals surface area contributed by atoms with Crippen LogP contribution in [-0.2, 0) is 6.54 Å². The molecule has 2 rings (SSSR count). The lowest BCUT2D eigenvalue weighted by atomic mass is 10.1. The van der Waals surface area contributed by atoms with E-state index in [0.29, 0.717) is 6.04 Å². The van der Waals surface area contributed by atoms with Crippen LogP contribution in [0.4, 0.5) is 11.4 Å². The first-order valence-electron chi connectivity index (χ1n) is 7.33. The number of nitrogens with one attached hydrogen (secondary N) is 1. The van der Waals surface area contributed by atoms with E-state index in [2.05, 4.69) is 36.2 Å². The third-order valence-electron chi connectivity index (χ3n) is 3.83. The average molecular weight is 294 g/mol. The molecule has 0 aromatic heterocycles. The molecule has 1 aromatic carbocycles. The van der Waals surface area contributed by atoms with Crippen LogP contribution in [0.5, 0.6) is 0 Å². The standard InChI is InChI=1S/C16H24ClN3/c1-3-4-5-6-9-20-11-13-14(17)7-8-15(18)16(13)19-10-12(20)2/h4-5,7-8,12,19H,3,6,9-11,18H2,1-2H3/b5-4+/t12-/m0/s1. The first-order valence-corrected chi connectivity index (χ1v) is 7.71. The van der Waals surface area contributed by atoms with E-state index < -0.39 is 0 Å². The molecule has 0 amide bonds. The maximum atomic E-state index is 6.35. The Balaban J connectivity index is 2.15. The second kappa shape index (κ2) is 7.00. The minimum Gasteiger partial charge on any atom is -0.397 e. The number of hydrogen-bond acceptors (Lipinski definition) is 3. The van der Waals surface area contributed by atoms with Crippen molar-refractivity contribution < 1.29 is 0 Å². The summed E-state index contributed by atoms with van der Waals surface area (Å²) in [6.45, 7) is 7.20. The van der Waals surface area contributed by atoms with E-state index in [1.54, 1.807) is 0 Å². The summed E-state index contributed by atoms with van der Waals surface area (Å²) in [6.07, 6.45) is 6.66. The van der Waals surface area contributed by atoms with Crippen LogP contribution in [0.15, 0.2) is 24.3 Å². The highest BCUT2D eigenvalue weighted by atomic mass is 35.5. The summed E-state index contributed by atoms with van der Waals surface area (Å²) in [5.74, 6) is 0.